The summed E-state index contributed by atoms with van der Waals surface area (Å²) in [6.45, 7) is 11.0. The third-order valence-electron chi connectivity index (χ3n) is 4.59. The molecule has 14 nitrogen and oxygen atoms in total. The van der Waals surface area contributed by atoms with Crippen LogP contribution in [0.15, 0.2) is 0 Å². The Kier molecular flexibility index (Phi) is 50.1. The maximum atomic E-state index is 9.33. The first-order valence-electron chi connectivity index (χ1n) is 13.5. The van der Waals surface area contributed by atoms with Gasteiger partial charge in [-0.3, -0.25) is 0 Å². The van der Waals surface area contributed by atoms with Gasteiger partial charge < -0.3 is 63.2 Å². The molecule has 0 saturated heterocycles. The van der Waals surface area contributed by atoms with Gasteiger partial charge in [-0.15, -0.1) is 0 Å². The van der Waals surface area contributed by atoms with Gasteiger partial charge in [0.05, 0.1) is 56.7 Å². The molecule has 0 heterocycles. The number of hydrogen-bond donors (Lipinski definition) is 4. The molecule has 0 bridgehead atoms. The molecule has 0 spiro atoms. The number of ether oxygens (including phenoxy) is 8. The first-order chi connectivity index (χ1) is 20.3. The van der Waals surface area contributed by atoms with Crippen LogP contribution in [0.2, 0.25) is 0 Å². The van der Waals surface area contributed by atoms with Gasteiger partial charge >= 0.3 is 0 Å². The summed E-state index contributed by atoms with van der Waals surface area (Å²) in [5.74, 6) is 0. The van der Waals surface area contributed by atoms with Gasteiger partial charge in [0.15, 0.2) is 0 Å². The zero-order valence-corrected chi connectivity index (χ0v) is 39.0. The Hall–Kier alpha value is -3.50. The van der Waals surface area contributed by atoms with Crippen LogP contribution in [0.1, 0.15) is 32.1 Å². The van der Waals surface area contributed by atoms with Crippen LogP contribution in [-0.4, -0.2) is 131 Å². The van der Waals surface area contributed by atoms with Crippen LogP contribution in [0.25, 0.3) is 4.85 Å². The zero-order valence-electron chi connectivity index (χ0n) is 26.2. The van der Waals surface area contributed by atoms with Crippen LogP contribution in [-0.2, 0) is 37.9 Å². The Bertz CT molecular complexity index is 554. The van der Waals surface area contributed by atoms with E-state index < -0.39 is 24.4 Å². The van der Waals surface area contributed by atoms with E-state index in [0.29, 0.717) is 65.4 Å². The Labute approximate surface area is 252 Å². The van der Waals surface area contributed by atoms with E-state index in [4.69, 9.17) is 41.0 Å². The molecule has 0 aromatic carbocycles. The van der Waals surface area contributed by atoms with Crippen LogP contribution in [0.4, 0.5) is 0 Å². The second kappa shape index (κ2) is 43.9. The quantitative estimate of drug-likeness (QED) is 0.0679. The minimum Gasteiger partial charge on any atom is -0.553 e. The minimum atomic E-state index is -0.647. The molecule has 0 aromatic heterocycles. The van der Waals surface area contributed by atoms with E-state index in [2.05, 4.69) is 52.2 Å². The van der Waals surface area contributed by atoms with Gasteiger partial charge in [0.1, 0.15) is 6.61 Å². The average Bonchev–Trinajstić information content (AvgIpc) is 2.96. The third-order valence-corrected chi connectivity index (χ3v) is 4.59. The fourth-order valence-corrected chi connectivity index (χ4v) is 2.52. The van der Waals surface area contributed by atoms with E-state index in [0.717, 1.165) is 12.8 Å². The maximum absolute atomic E-state index is 9.33. The largest absolute Gasteiger partial charge is 0.553 e. The van der Waals surface area contributed by atoms with Crippen molar-refractivity contribution in [2.45, 2.75) is 56.5 Å². The predicted molar refractivity (Wildman–Crippen MR) is 153 cm³/mol. The molecule has 4 atom stereocenters. The SMILES string of the molecule is [C-]#[N+]CCOCC(O)CO[CH2-].[CH2-]OCC(O)CCOCCCCOCCC(O)CO[CH2-].[CH2-]OCC(O)COCCC#N.[Rf].[Rf]. The Morgan fingerprint density at radius 2 is 0.955 bits per heavy atom. The summed E-state index contributed by atoms with van der Waals surface area (Å²) in [5.41, 5.74) is 0. The van der Waals surface area contributed by atoms with E-state index in [1.807, 2.05) is 6.07 Å². The van der Waals surface area contributed by atoms with Gasteiger partial charge in [0.2, 0.25) is 6.54 Å². The first-order valence-corrected chi connectivity index (χ1v) is 13.5. The number of nitriles is 1. The fourth-order valence-electron chi connectivity index (χ4n) is 2.52. The second-order valence-corrected chi connectivity index (χ2v) is 8.55. The molecule has 0 fully saturated rings. The molecule has 4 N–H and O–H groups in total. The molecule has 16 heteroatoms. The van der Waals surface area contributed by atoms with Crippen molar-refractivity contribution in [1.82, 2.24) is 0 Å². The van der Waals surface area contributed by atoms with Crippen LogP contribution in [0.3, 0.4) is 0 Å². The number of unbranched alkanes of at least 4 members (excludes halogenated alkanes) is 1. The molecule has 0 saturated carbocycles. The van der Waals surface area contributed by atoms with Gasteiger partial charge in [-0.05, 0) is 25.7 Å². The number of aliphatic hydroxyl groups is 4. The summed E-state index contributed by atoms with van der Waals surface area (Å²) in [6, 6.07) is 1.92. The summed E-state index contributed by atoms with van der Waals surface area (Å²) in [6.07, 6.45) is 0.964. The molecule has 4 unspecified atom stereocenters. The third kappa shape index (κ3) is 48.2. The van der Waals surface area contributed by atoms with Crippen molar-refractivity contribution in [2.75, 3.05) is 85.8 Å². The number of hydrogen-bond acceptors (Lipinski definition) is 13. The monoisotopic (exact) mass is 1140 g/mol. The van der Waals surface area contributed by atoms with Gasteiger partial charge in [-0.2, -0.15) is 5.26 Å². The zero-order chi connectivity index (χ0) is 32.1. The molecule has 0 aliphatic heterocycles. The van der Waals surface area contributed by atoms with Gasteiger partial charge in [-0.1, -0.05) is 0 Å². The smallest absolute Gasteiger partial charge is 0.237 e. The predicted octanol–water partition coefficient (Wildman–Crippen LogP) is 1.10. The van der Waals surface area contributed by atoms with Crippen molar-refractivity contribution in [3.8, 4) is 6.07 Å². The average molecular weight is 1140 g/mol. The summed E-state index contributed by atoms with van der Waals surface area (Å²) < 4.78 is 38.5. The Morgan fingerprint density at radius 3 is 1.32 bits per heavy atom. The molecular weight excluding hydrogens is 1090 g/mol. The molecule has 254 valence electrons. The molecule has 0 radical (unpaired) electrons. The molecule has 0 aliphatic carbocycles. The summed E-state index contributed by atoms with van der Waals surface area (Å²) >= 11 is 0. The molecule has 0 amide bonds. The van der Waals surface area contributed by atoms with Crippen molar-refractivity contribution >= 4 is 0 Å². The molecule has 0 aromatic rings. The van der Waals surface area contributed by atoms with Gasteiger partial charge in [0, 0.05) is 52.9 Å². The van der Waals surface area contributed by atoms with Gasteiger partial charge in [0.25, 0.3) is 0 Å². The van der Waals surface area contributed by atoms with Crippen LogP contribution >= 0.6 is 0 Å². The van der Waals surface area contributed by atoms with E-state index >= 15 is 0 Å². The standard InChI is InChI=1S/C14H28O6.2C7H12NO3.2Rf/c1-17-11-13(15)5-9-19-7-3-4-8-20-10-6-14(16)12-18-2;1-8-3-4-11-6-7(9)5-10-2;1-10-5-7(9)6-11-4-2-3-8;;/h13-16H,1-12H2;7,9H,2-6H2;7,9H,1-2,4-6H2;;/q-2;2*-1;;. The second-order valence-electron chi connectivity index (χ2n) is 8.55. The number of rotatable bonds is 27. The summed E-state index contributed by atoms with van der Waals surface area (Å²) in [4.78, 5) is 3.08. The Morgan fingerprint density at radius 1 is 0.568 bits per heavy atom. The van der Waals surface area contributed by atoms with E-state index in [1.165, 1.54) is 0 Å². The topological polar surface area (TPSA) is 183 Å². The molecule has 0 rings (SSSR count). The maximum Gasteiger partial charge on any atom is 0.237 e. The van der Waals surface area contributed by atoms with Crippen LogP contribution in [0.5, 0.6) is 0 Å². The normalized spacial score (nSPS) is 12.8. The molecule has 0 aliphatic rings. The van der Waals surface area contributed by atoms with Crippen molar-refractivity contribution in [2.24, 2.45) is 0 Å². The fraction of sp³-hybridized carbons (Fsp3) is 0.786. The van der Waals surface area contributed by atoms with E-state index in [-0.39, 0.29) is 39.6 Å². The number of aliphatic hydroxyl groups excluding tert-OH is 4. The van der Waals surface area contributed by atoms with E-state index in [1.54, 1.807) is 0 Å². The molecular formula is C28H52N2O12Rf2-4. The van der Waals surface area contributed by atoms with E-state index in [9.17, 15) is 10.2 Å². The van der Waals surface area contributed by atoms with Crippen LogP contribution < -0.4 is 0 Å². The first kappa shape index (κ1) is 50.1. The number of nitrogens with zero attached hydrogens (tertiary/aromatic N) is 2. The Balaban J connectivity index is -0.000000182. The minimum absolute atomic E-state index is 0. The molecule has 44 heavy (non-hydrogen) atoms. The van der Waals surface area contributed by atoms with Crippen molar-refractivity contribution in [3.05, 3.63) is 39.9 Å². The summed E-state index contributed by atoms with van der Waals surface area (Å²) in [5, 5.41) is 44.7. The van der Waals surface area contributed by atoms with Crippen LogP contribution in [0, 0.1) is 46.3 Å². The van der Waals surface area contributed by atoms with Gasteiger partial charge in [-0.25, -0.2) is 35.0 Å². The van der Waals surface area contributed by atoms with Crippen molar-refractivity contribution in [1.29, 1.82) is 5.26 Å². The van der Waals surface area contributed by atoms with Crippen molar-refractivity contribution < 1.29 is 58.3 Å². The summed E-state index contributed by atoms with van der Waals surface area (Å²) in [7, 11) is 12.6. The van der Waals surface area contributed by atoms with Crippen molar-refractivity contribution in [3.63, 3.8) is 0 Å².